The van der Waals surface area contributed by atoms with E-state index in [2.05, 4.69) is 38.4 Å². The van der Waals surface area contributed by atoms with Gasteiger partial charge in [0.15, 0.2) is 0 Å². The summed E-state index contributed by atoms with van der Waals surface area (Å²) in [4.78, 5) is 0. The van der Waals surface area contributed by atoms with E-state index < -0.39 is 0 Å². The lowest BCUT2D eigenvalue weighted by molar-refractivity contribution is 0.617. The number of nitrogens with one attached hydrogen (secondary N) is 1. The van der Waals surface area contributed by atoms with E-state index in [9.17, 15) is 0 Å². The van der Waals surface area contributed by atoms with Crippen molar-refractivity contribution in [2.45, 2.75) is 46.1 Å². The van der Waals surface area contributed by atoms with E-state index in [1.54, 1.807) is 0 Å². The van der Waals surface area contributed by atoms with Crippen LogP contribution in [0, 0.1) is 0 Å². The predicted octanol–water partition coefficient (Wildman–Crippen LogP) is 2.69. The highest BCUT2D eigenvalue weighted by molar-refractivity contribution is 4.80. The normalized spacial score (nSPS) is 13.9. The lowest BCUT2D eigenvalue weighted by Crippen LogP contribution is -2.18. The molecule has 0 saturated carbocycles. The van der Waals surface area contributed by atoms with Crippen molar-refractivity contribution in [1.82, 2.24) is 5.32 Å². The van der Waals surface area contributed by atoms with Crippen molar-refractivity contribution in [3.63, 3.8) is 0 Å². The fraction of sp³-hybridized carbons (Fsp3) is 0.778. The van der Waals surface area contributed by atoms with Crippen LogP contribution in [0.5, 0.6) is 0 Å². The van der Waals surface area contributed by atoms with E-state index >= 15 is 0 Å². The Hall–Kier alpha value is -0.460. The zero-order chi connectivity index (χ0) is 7.82. The second kappa shape index (κ2) is 6.66. The van der Waals surface area contributed by atoms with Crippen LogP contribution in [-0.4, -0.2) is 6.04 Å². The minimum absolute atomic E-state index is 0.619. The molecule has 1 nitrogen and oxygen atoms in total. The summed E-state index contributed by atoms with van der Waals surface area (Å²) in [5, 5.41) is 3.29. The number of allylic oxidation sites excluding steroid dienone is 1. The maximum atomic E-state index is 3.29. The van der Waals surface area contributed by atoms with E-state index in [4.69, 9.17) is 0 Å². The summed E-state index contributed by atoms with van der Waals surface area (Å²) in [5.74, 6) is 0. The van der Waals surface area contributed by atoms with Crippen LogP contribution in [-0.2, 0) is 0 Å². The standard InChI is InChI=1S/C9H19N/c1-4-6-7-8-10-9(3)5-2/h7-10H,4-6H2,1-3H3/b8-7+. The molecule has 0 rings (SSSR count). The molecule has 1 N–H and O–H groups in total. The first-order valence-corrected chi connectivity index (χ1v) is 4.22. The zero-order valence-corrected chi connectivity index (χ0v) is 7.35. The lowest BCUT2D eigenvalue weighted by atomic mass is 10.2. The van der Waals surface area contributed by atoms with Gasteiger partial charge in [-0.1, -0.05) is 26.3 Å². The van der Waals surface area contributed by atoms with Gasteiger partial charge in [-0.2, -0.15) is 0 Å². The molecule has 1 atom stereocenters. The highest BCUT2D eigenvalue weighted by Gasteiger charge is 1.89. The van der Waals surface area contributed by atoms with Gasteiger partial charge in [0.25, 0.3) is 0 Å². The molecule has 0 spiro atoms. The smallest absolute Gasteiger partial charge is 0.0224 e. The quantitative estimate of drug-likeness (QED) is 0.620. The van der Waals surface area contributed by atoms with Crippen LogP contribution < -0.4 is 5.32 Å². The first-order chi connectivity index (χ1) is 4.81. The molecule has 0 aliphatic heterocycles. The molecule has 0 aromatic carbocycles. The Morgan fingerprint density at radius 2 is 2.10 bits per heavy atom. The maximum absolute atomic E-state index is 3.29. The molecule has 0 fully saturated rings. The molecule has 0 saturated heterocycles. The third-order valence-corrected chi connectivity index (χ3v) is 1.57. The summed E-state index contributed by atoms with van der Waals surface area (Å²) in [5.41, 5.74) is 0. The van der Waals surface area contributed by atoms with Gasteiger partial charge in [-0.15, -0.1) is 0 Å². The average molecular weight is 141 g/mol. The van der Waals surface area contributed by atoms with Crippen molar-refractivity contribution in [3.05, 3.63) is 12.3 Å². The second-order valence-electron chi connectivity index (χ2n) is 2.67. The molecule has 0 amide bonds. The Labute approximate surface area is 64.5 Å². The maximum Gasteiger partial charge on any atom is 0.0224 e. The Balaban J connectivity index is 3.16. The van der Waals surface area contributed by atoms with Crippen LogP contribution in [0.3, 0.4) is 0 Å². The van der Waals surface area contributed by atoms with E-state index in [1.165, 1.54) is 19.3 Å². The van der Waals surface area contributed by atoms with Gasteiger partial charge in [0.2, 0.25) is 0 Å². The molecule has 0 aromatic heterocycles. The van der Waals surface area contributed by atoms with Gasteiger partial charge in [-0.25, -0.2) is 0 Å². The van der Waals surface area contributed by atoms with E-state index in [0.29, 0.717) is 6.04 Å². The topological polar surface area (TPSA) is 12.0 Å². The van der Waals surface area contributed by atoms with Crippen molar-refractivity contribution in [2.24, 2.45) is 0 Å². The molecular formula is C9H19N. The van der Waals surface area contributed by atoms with Crippen LogP contribution in [0.25, 0.3) is 0 Å². The van der Waals surface area contributed by atoms with Crippen LogP contribution in [0.1, 0.15) is 40.0 Å². The monoisotopic (exact) mass is 141 g/mol. The van der Waals surface area contributed by atoms with E-state index in [1.807, 2.05) is 0 Å². The number of rotatable bonds is 5. The Morgan fingerprint density at radius 3 is 2.60 bits per heavy atom. The van der Waals surface area contributed by atoms with Gasteiger partial charge in [0.1, 0.15) is 0 Å². The molecule has 0 aliphatic carbocycles. The van der Waals surface area contributed by atoms with E-state index in [-0.39, 0.29) is 0 Å². The van der Waals surface area contributed by atoms with Gasteiger partial charge < -0.3 is 5.32 Å². The highest BCUT2D eigenvalue weighted by Crippen LogP contribution is 1.89. The summed E-state index contributed by atoms with van der Waals surface area (Å²) in [6, 6.07) is 0.619. The molecule has 0 aromatic rings. The first-order valence-electron chi connectivity index (χ1n) is 4.22. The fourth-order valence-electron chi connectivity index (χ4n) is 0.600. The summed E-state index contributed by atoms with van der Waals surface area (Å²) < 4.78 is 0. The Morgan fingerprint density at radius 1 is 1.40 bits per heavy atom. The van der Waals surface area contributed by atoms with Crippen molar-refractivity contribution in [2.75, 3.05) is 0 Å². The molecule has 0 bridgehead atoms. The SMILES string of the molecule is CCC/C=C/NC(C)CC. The predicted molar refractivity (Wildman–Crippen MR) is 46.9 cm³/mol. The summed E-state index contributed by atoms with van der Waals surface area (Å²) in [6.45, 7) is 6.56. The van der Waals surface area contributed by atoms with Gasteiger partial charge in [0.05, 0.1) is 0 Å². The second-order valence-corrected chi connectivity index (χ2v) is 2.67. The molecule has 0 heterocycles. The van der Waals surface area contributed by atoms with Crippen molar-refractivity contribution < 1.29 is 0 Å². The average Bonchev–Trinajstić information content (AvgIpc) is 1.98. The Bertz CT molecular complexity index is 86.7. The molecule has 0 aliphatic rings. The van der Waals surface area contributed by atoms with Crippen molar-refractivity contribution in [1.29, 1.82) is 0 Å². The lowest BCUT2D eigenvalue weighted by Gasteiger charge is -2.06. The first kappa shape index (κ1) is 9.54. The highest BCUT2D eigenvalue weighted by atomic mass is 14.9. The minimum Gasteiger partial charge on any atom is -0.389 e. The van der Waals surface area contributed by atoms with Gasteiger partial charge >= 0.3 is 0 Å². The molecule has 0 radical (unpaired) electrons. The molecule has 1 heteroatoms. The fourth-order valence-corrected chi connectivity index (χ4v) is 0.600. The number of hydrogen-bond acceptors (Lipinski definition) is 1. The summed E-state index contributed by atoms with van der Waals surface area (Å²) >= 11 is 0. The molecular weight excluding hydrogens is 122 g/mol. The summed E-state index contributed by atoms with van der Waals surface area (Å²) in [6.07, 6.45) is 7.86. The molecule has 60 valence electrons. The van der Waals surface area contributed by atoms with Crippen LogP contribution >= 0.6 is 0 Å². The number of unbranched alkanes of at least 4 members (excludes halogenated alkanes) is 1. The van der Waals surface area contributed by atoms with Crippen molar-refractivity contribution in [3.8, 4) is 0 Å². The largest absolute Gasteiger partial charge is 0.389 e. The van der Waals surface area contributed by atoms with Gasteiger partial charge in [-0.05, 0) is 26.0 Å². The summed E-state index contributed by atoms with van der Waals surface area (Å²) in [7, 11) is 0. The molecule has 10 heavy (non-hydrogen) atoms. The van der Waals surface area contributed by atoms with Gasteiger partial charge in [-0.3, -0.25) is 0 Å². The van der Waals surface area contributed by atoms with Gasteiger partial charge in [0, 0.05) is 6.04 Å². The Kier molecular flexibility index (Phi) is 6.35. The van der Waals surface area contributed by atoms with E-state index in [0.717, 1.165) is 0 Å². The third-order valence-electron chi connectivity index (χ3n) is 1.57. The number of hydrogen-bond donors (Lipinski definition) is 1. The van der Waals surface area contributed by atoms with Crippen molar-refractivity contribution >= 4 is 0 Å². The van der Waals surface area contributed by atoms with Crippen LogP contribution in [0.15, 0.2) is 12.3 Å². The molecule has 1 unspecified atom stereocenters. The van der Waals surface area contributed by atoms with Crippen LogP contribution in [0.4, 0.5) is 0 Å². The third kappa shape index (κ3) is 5.67. The van der Waals surface area contributed by atoms with Crippen LogP contribution in [0.2, 0.25) is 0 Å². The zero-order valence-electron chi connectivity index (χ0n) is 7.35. The minimum atomic E-state index is 0.619.